The summed E-state index contributed by atoms with van der Waals surface area (Å²) >= 11 is 0. The quantitative estimate of drug-likeness (QED) is 0.791. The number of benzene rings is 1. The van der Waals surface area contributed by atoms with E-state index in [4.69, 9.17) is 16.2 Å². The molecule has 2 rings (SSSR count). The van der Waals surface area contributed by atoms with Crippen LogP contribution >= 0.6 is 0 Å². The monoisotopic (exact) mass is 248 g/mol. The van der Waals surface area contributed by atoms with Crippen LogP contribution in [0.3, 0.4) is 0 Å². The molecular formula is C14H20N2O2. The van der Waals surface area contributed by atoms with E-state index < -0.39 is 5.54 Å². The van der Waals surface area contributed by atoms with Crippen molar-refractivity contribution in [2.75, 3.05) is 0 Å². The second-order valence-electron chi connectivity index (χ2n) is 4.95. The normalized spacial score (nSPS) is 27.8. The summed E-state index contributed by atoms with van der Waals surface area (Å²) in [5, 5.41) is 0. The minimum absolute atomic E-state index is 0.255. The van der Waals surface area contributed by atoms with Crippen LogP contribution in [0.15, 0.2) is 30.3 Å². The van der Waals surface area contributed by atoms with Crippen LogP contribution in [0.4, 0.5) is 0 Å². The lowest BCUT2D eigenvalue weighted by atomic mass is 9.78. The molecule has 1 fully saturated rings. The maximum absolute atomic E-state index is 12.1. The third-order valence-corrected chi connectivity index (χ3v) is 3.61. The number of hydrogen-bond donors (Lipinski definition) is 2. The van der Waals surface area contributed by atoms with Gasteiger partial charge in [0.15, 0.2) is 0 Å². The number of ether oxygens (including phenoxy) is 1. The highest BCUT2D eigenvalue weighted by molar-refractivity contribution is 5.81. The fraction of sp³-hybridized carbons (Fsp3) is 0.500. The zero-order valence-corrected chi connectivity index (χ0v) is 10.5. The number of esters is 1. The van der Waals surface area contributed by atoms with E-state index >= 15 is 0 Å². The Hall–Kier alpha value is -1.39. The van der Waals surface area contributed by atoms with Gasteiger partial charge in [-0.3, -0.25) is 0 Å². The van der Waals surface area contributed by atoms with E-state index in [1.165, 1.54) is 0 Å². The molecule has 0 unspecified atom stereocenters. The standard InChI is InChI=1S/C14H20N2O2/c15-12-8-4-5-9-14(12,16)13(17)18-10-11-6-2-1-3-7-11/h1-3,6-7,12H,4-5,8-10,15-16H2/t12-,14+/m1/s1. The molecule has 0 heterocycles. The second kappa shape index (κ2) is 5.50. The van der Waals surface area contributed by atoms with Crippen LogP contribution in [0.1, 0.15) is 31.2 Å². The van der Waals surface area contributed by atoms with Gasteiger partial charge in [-0.2, -0.15) is 0 Å². The van der Waals surface area contributed by atoms with Crippen LogP contribution in [0.5, 0.6) is 0 Å². The lowest BCUT2D eigenvalue weighted by Gasteiger charge is -2.36. The van der Waals surface area contributed by atoms with Gasteiger partial charge in [0.2, 0.25) is 0 Å². The molecule has 0 saturated heterocycles. The predicted octanol–water partition coefficient (Wildman–Crippen LogP) is 1.33. The van der Waals surface area contributed by atoms with Crippen molar-refractivity contribution in [3.05, 3.63) is 35.9 Å². The van der Waals surface area contributed by atoms with Gasteiger partial charge >= 0.3 is 5.97 Å². The summed E-state index contributed by atoms with van der Waals surface area (Å²) in [5.41, 5.74) is 12.0. The Morgan fingerprint density at radius 1 is 1.33 bits per heavy atom. The Balaban J connectivity index is 1.95. The second-order valence-corrected chi connectivity index (χ2v) is 4.95. The van der Waals surface area contributed by atoms with Gasteiger partial charge in [0.05, 0.1) is 0 Å². The summed E-state index contributed by atoms with van der Waals surface area (Å²) in [7, 11) is 0. The fourth-order valence-corrected chi connectivity index (χ4v) is 2.34. The molecule has 4 N–H and O–H groups in total. The van der Waals surface area contributed by atoms with Crippen LogP contribution in [0.2, 0.25) is 0 Å². The van der Waals surface area contributed by atoms with E-state index in [1.54, 1.807) is 0 Å². The number of rotatable bonds is 3. The first kappa shape index (κ1) is 13.1. The molecule has 98 valence electrons. The van der Waals surface area contributed by atoms with Crippen molar-refractivity contribution in [1.29, 1.82) is 0 Å². The van der Waals surface area contributed by atoms with Crippen molar-refractivity contribution in [2.24, 2.45) is 11.5 Å². The SMILES string of the molecule is N[C@@H]1CCCC[C@@]1(N)C(=O)OCc1ccccc1. The summed E-state index contributed by atoms with van der Waals surface area (Å²) in [6.45, 7) is 0.255. The highest BCUT2D eigenvalue weighted by Crippen LogP contribution is 2.26. The largest absolute Gasteiger partial charge is 0.459 e. The maximum Gasteiger partial charge on any atom is 0.328 e. The maximum atomic E-state index is 12.1. The molecule has 2 atom stereocenters. The van der Waals surface area contributed by atoms with Gasteiger partial charge in [0, 0.05) is 6.04 Å². The lowest BCUT2D eigenvalue weighted by Crippen LogP contribution is -2.62. The van der Waals surface area contributed by atoms with E-state index in [0.717, 1.165) is 24.8 Å². The molecule has 4 nitrogen and oxygen atoms in total. The lowest BCUT2D eigenvalue weighted by molar-refractivity contribution is -0.153. The molecule has 1 saturated carbocycles. The molecule has 4 heteroatoms. The van der Waals surface area contributed by atoms with Gasteiger partial charge in [-0.05, 0) is 18.4 Å². The Kier molecular flexibility index (Phi) is 3.99. The van der Waals surface area contributed by atoms with E-state index in [9.17, 15) is 4.79 Å². The van der Waals surface area contributed by atoms with Crippen LogP contribution in [0.25, 0.3) is 0 Å². The summed E-state index contributed by atoms with van der Waals surface area (Å²) < 4.78 is 5.30. The van der Waals surface area contributed by atoms with Gasteiger partial charge in [-0.25, -0.2) is 4.79 Å². The van der Waals surface area contributed by atoms with E-state index in [0.29, 0.717) is 6.42 Å². The van der Waals surface area contributed by atoms with Crippen molar-refractivity contribution in [1.82, 2.24) is 0 Å². The molecule has 18 heavy (non-hydrogen) atoms. The molecule has 0 aliphatic heterocycles. The molecule has 1 aromatic rings. The van der Waals surface area contributed by atoms with Gasteiger partial charge < -0.3 is 16.2 Å². The van der Waals surface area contributed by atoms with Gasteiger partial charge in [-0.15, -0.1) is 0 Å². The van der Waals surface area contributed by atoms with Crippen LogP contribution in [-0.2, 0) is 16.1 Å². The molecule has 1 aromatic carbocycles. The van der Waals surface area contributed by atoms with Crippen LogP contribution in [-0.4, -0.2) is 17.6 Å². The molecule has 0 amide bonds. The molecule has 0 spiro atoms. The van der Waals surface area contributed by atoms with Crippen molar-refractivity contribution < 1.29 is 9.53 Å². The van der Waals surface area contributed by atoms with Crippen LogP contribution < -0.4 is 11.5 Å². The zero-order chi connectivity index (χ0) is 13.0. The number of carbonyl (C=O) groups is 1. The number of nitrogens with two attached hydrogens (primary N) is 2. The Labute approximate surface area is 107 Å². The number of carbonyl (C=O) groups excluding carboxylic acids is 1. The van der Waals surface area contributed by atoms with Crippen molar-refractivity contribution >= 4 is 5.97 Å². The van der Waals surface area contributed by atoms with Gasteiger partial charge in [0.25, 0.3) is 0 Å². The molecule has 1 aliphatic carbocycles. The first-order chi connectivity index (χ1) is 8.63. The van der Waals surface area contributed by atoms with E-state index in [-0.39, 0.29) is 18.6 Å². The summed E-state index contributed by atoms with van der Waals surface area (Å²) in [4.78, 5) is 12.1. The fourth-order valence-electron chi connectivity index (χ4n) is 2.34. The van der Waals surface area contributed by atoms with E-state index in [1.807, 2.05) is 30.3 Å². The average molecular weight is 248 g/mol. The summed E-state index contributed by atoms with van der Waals surface area (Å²) in [5.74, 6) is -0.376. The third-order valence-electron chi connectivity index (χ3n) is 3.61. The highest BCUT2D eigenvalue weighted by atomic mass is 16.5. The zero-order valence-electron chi connectivity index (χ0n) is 10.5. The minimum Gasteiger partial charge on any atom is -0.459 e. The first-order valence-electron chi connectivity index (χ1n) is 6.38. The molecule has 1 aliphatic rings. The Bertz CT molecular complexity index is 408. The third kappa shape index (κ3) is 2.71. The Morgan fingerprint density at radius 3 is 2.72 bits per heavy atom. The van der Waals surface area contributed by atoms with E-state index in [2.05, 4.69) is 0 Å². The highest BCUT2D eigenvalue weighted by Gasteiger charge is 2.43. The van der Waals surface area contributed by atoms with Gasteiger partial charge in [0.1, 0.15) is 12.1 Å². The van der Waals surface area contributed by atoms with Gasteiger partial charge in [-0.1, -0.05) is 43.2 Å². The number of hydrogen-bond acceptors (Lipinski definition) is 4. The summed E-state index contributed by atoms with van der Waals surface area (Å²) in [6, 6.07) is 9.28. The molecule has 0 radical (unpaired) electrons. The molecular weight excluding hydrogens is 228 g/mol. The smallest absolute Gasteiger partial charge is 0.328 e. The predicted molar refractivity (Wildman–Crippen MR) is 69.6 cm³/mol. The Morgan fingerprint density at radius 2 is 2.06 bits per heavy atom. The van der Waals surface area contributed by atoms with Crippen molar-refractivity contribution in [3.63, 3.8) is 0 Å². The average Bonchev–Trinajstić information content (AvgIpc) is 2.40. The van der Waals surface area contributed by atoms with Crippen molar-refractivity contribution in [2.45, 2.75) is 43.9 Å². The first-order valence-corrected chi connectivity index (χ1v) is 6.38. The molecule has 0 aromatic heterocycles. The minimum atomic E-state index is -1.01. The van der Waals surface area contributed by atoms with Crippen molar-refractivity contribution in [3.8, 4) is 0 Å². The topological polar surface area (TPSA) is 78.3 Å². The summed E-state index contributed by atoms with van der Waals surface area (Å²) in [6.07, 6.45) is 3.37. The van der Waals surface area contributed by atoms with Crippen LogP contribution in [0, 0.1) is 0 Å². The molecule has 0 bridgehead atoms.